The molecular weight excluding hydrogens is 210 g/mol. The molecule has 1 unspecified atom stereocenters. The number of hydrogen-bond donors (Lipinski definition) is 4. The van der Waals surface area contributed by atoms with Crippen LogP contribution in [0.25, 0.3) is 0 Å². The number of nitrogens with one attached hydrogen (secondary N) is 1. The Morgan fingerprint density at radius 3 is 2.50 bits per heavy atom. The summed E-state index contributed by atoms with van der Waals surface area (Å²) in [6, 6.07) is -0.681. The van der Waals surface area contributed by atoms with E-state index in [9.17, 15) is 9.59 Å². The van der Waals surface area contributed by atoms with Gasteiger partial charge in [0.2, 0.25) is 11.8 Å². The number of allylic oxidation sites excluding steroid dienone is 1. The Balaban J connectivity index is 3.94. The Hall–Kier alpha value is -2.05. The molecule has 0 fully saturated rings. The standard InChI is InChI=1S/C9H17N5O2/c1-6(9(12)16)14-8(15)3-2-7(11)4-13-5-10/h4-6H,2-3,11H2,1H3,(H2,10,13)(H2,12,16)(H,14,15)/b7-4-. The maximum atomic E-state index is 11.3. The van der Waals surface area contributed by atoms with Gasteiger partial charge in [-0.25, -0.2) is 4.99 Å². The lowest BCUT2D eigenvalue weighted by atomic mass is 10.2. The first-order valence-corrected chi connectivity index (χ1v) is 4.74. The second-order valence-electron chi connectivity index (χ2n) is 3.19. The first-order valence-electron chi connectivity index (χ1n) is 4.74. The molecule has 0 bridgehead atoms. The fourth-order valence-electron chi connectivity index (χ4n) is 0.846. The lowest BCUT2D eigenvalue weighted by molar-refractivity contribution is -0.126. The van der Waals surface area contributed by atoms with Crippen LogP contribution in [0.1, 0.15) is 19.8 Å². The van der Waals surface area contributed by atoms with Crippen molar-refractivity contribution in [1.29, 1.82) is 0 Å². The minimum Gasteiger partial charge on any atom is -0.401 e. The average Bonchev–Trinajstić information content (AvgIpc) is 2.23. The van der Waals surface area contributed by atoms with Gasteiger partial charge in [-0.05, 0) is 13.3 Å². The van der Waals surface area contributed by atoms with Crippen LogP contribution in [-0.4, -0.2) is 24.2 Å². The predicted octanol–water partition coefficient (Wildman–Crippen LogP) is -1.46. The van der Waals surface area contributed by atoms with Gasteiger partial charge in [0, 0.05) is 18.3 Å². The molecule has 90 valence electrons. The molecule has 7 N–H and O–H groups in total. The van der Waals surface area contributed by atoms with Crippen molar-refractivity contribution >= 4 is 18.2 Å². The van der Waals surface area contributed by atoms with Gasteiger partial charge in [0.15, 0.2) is 0 Å². The van der Waals surface area contributed by atoms with Crippen LogP contribution in [0, 0.1) is 0 Å². The van der Waals surface area contributed by atoms with Gasteiger partial charge in [-0.1, -0.05) is 0 Å². The normalized spacial score (nSPS) is 13.7. The maximum absolute atomic E-state index is 11.3. The summed E-state index contributed by atoms with van der Waals surface area (Å²) in [5.74, 6) is -0.871. The van der Waals surface area contributed by atoms with E-state index in [2.05, 4.69) is 10.3 Å². The van der Waals surface area contributed by atoms with E-state index in [1.54, 1.807) is 0 Å². The average molecular weight is 227 g/mol. The second-order valence-corrected chi connectivity index (χ2v) is 3.19. The molecular formula is C9H17N5O2. The fraction of sp³-hybridized carbons (Fsp3) is 0.444. The SMILES string of the molecule is CC(NC(=O)CC/C(N)=C/N=CN)C(N)=O. The number of rotatable bonds is 6. The summed E-state index contributed by atoms with van der Waals surface area (Å²) in [6.45, 7) is 1.51. The molecule has 16 heavy (non-hydrogen) atoms. The van der Waals surface area contributed by atoms with E-state index in [-0.39, 0.29) is 12.3 Å². The van der Waals surface area contributed by atoms with E-state index in [1.807, 2.05) is 0 Å². The highest BCUT2D eigenvalue weighted by molar-refractivity contribution is 5.86. The van der Waals surface area contributed by atoms with Crippen LogP contribution in [-0.2, 0) is 9.59 Å². The molecule has 0 aliphatic rings. The second kappa shape index (κ2) is 7.27. The van der Waals surface area contributed by atoms with Crippen LogP contribution in [0.2, 0.25) is 0 Å². The van der Waals surface area contributed by atoms with Crippen molar-refractivity contribution in [3.05, 3.63) is 11.9 Å². The largest absolute Gasteiger partial charge is 0.401 e. The molecule has 0 rings (SSSR count). The number of aliphatic imine (C=N–C) groups is 1. The molecule has 0 saturated heterocycles. The summed E-state index contributed by atoms with van der Waals surface area (Å²) in [7, 11) is 0. The Labute approximate surface area is 93.8 Å². The van der Waals surface area contributed by atoms with Crippen molar-refractivity contribution < 1.29 is 9.59 Å². The molecule has 2 amide bonds. The van der Waals surface area contributed by atoms with Crippen LogP contribution >= 0.6 is 0 Å². The summed E-state index contributed by atoms with van der Waals surface area (Å²) in [5.41, 5.74) is 15.9. The van der Waals surface area contributed by atoms with Gasteiger partial charge in [-0.3, -0.25) is 9.59 Å². The maximum Gasteiger partial charge on any atom is 0.239 e. The molecule has 0 aliphatic heterocycles. The van der Waals surface area contributed by atoms with Gasteiger partial charge in [0.1, 0.15) is 6.04 Å². The van der Waals surface area contributed by atoms with Gasteiger partial charge in [-0.2, -0.15) is 0 Å². The molecule has 0 heterocycles. The van der Waals surface area contributed by atoms with Gasteiger partial charge < -0.3 is 22.5 Å². The van der Waals surface area contributed by atoms with Crippen molar-refractivity contribution in [1.82, 2.24) is 5.32 Å². The van der Waals surface area contributed by atoms with Gasteiger partial charge in [-0.15, -0.1) is 0 Å². The summed E-state index contributed by atoms with van der Waals surface area (Å²) in [5, 5.41) is 2.43. The van der Waals surface area contributed by atoms with E-state index in [1.165, 1.54) is 13.1 Å². The lowest BCUT2D eigenvalue weighted by Crippen LogP contribution is -2.42. The third kappa shape index (κ3) is 6.41. The summed E-state index contributed by atoms with van der Waals surface area (Å²) in [4.78, 5) is 25.5. The topological polar surface area (TPSA) is 137 Å². The van der Waals surface area contributed by atoms with E-state index in [4.69, 9.17) is 17.2 Å². The summed E-state index contributed by atoms with van der Waals surface area (Å²) in [6.07, 6.45) is 2.97. The van der Waals surface area contributed by atoms with Crippen molar-refractivity contribution in [3.8, 4) is 0 Å². The highest BCUT2D eigenvalue weighted by Gasteiger charge is 2.11. The minimum absolute atomic E-state index is 0.167. The number of nitrogens with zero attached hydrogens (tertiary/aromatic N) is 1. The van der Waals surface area contributed by atoms with Gasteiger partial charge in [0.05, 0.1) is 6.34 Å². The van der Waals surface area contributed by atoms with E-state index in [0.29, 0.717) is 12.1 Å². The van der Waals surface area contributed by atoms with Gasteiger partial charge >= 0.3 is 0 Å². The van der Waals surface area contributed by atoms with Crippen molar-refractivity contribution in [3.63, 3.8) is 0 Å². The molecule has 1 atom stereocenters. The molecule has 0 aromatic rings. The monoisotopic (exact) mass is 227 g/mol. The number of primary amides is 1. The van der Waals surface area contributed by atoms with Crippen LogP contribution in [0.3, 0.4) is 0 Å². The zero-order valence-electron chi connectivity index (χ0n) is 9.14. The number of carbonyl (C=O) groups excluding carboxylic acids is 2. The van der Waals surface area contributed by atoms with Crippen LogP contribution in [0.15, 0.2) is 16.9 Å². The number of carbonyl (C=O) groups is 2. The fourth-order valence-corrected chi connectivity index (χ4v) is 0.846. The lowest BCUT2D eigenvalue weighted by Gasteiger charge is -2.09. The Kier molecular flexibility index (Phi) is 6.34. The number of hydrogen-bond acceptors (Lipinski definition) is 4. The van der Waals surface area contributed by atoms with Crippen molar-refractivity contribution in [2.24, 2.45) is 22.2 Å². The summed E-state index contributed by atoms with van der Waals surface area (Å²) < 4.78 is 0. The molecule has 7 nitrogen and oxygen atoms in total. The Morgan fingerprint density at radius 2 is 2.00 bits per heavy atom. The van der Waals surface area contributed by atoms with Gasteiger partial charge in [0.25, 0.3) is 0 Å². The highest BCUT2D eigenvalue weighted by Crippen LogP contribution is 1.98. The third-order valence-corrected chi connectivity index (χ3v) is 1.77. The van der Waals surface area contributed by atoms with E-state index in [0.717, 1.165) is 6.34 Å². The van der Waals surface area contributed by atoms with Crippen LogP contribution in [0.5, 0.6) is 0 Å². The molecule has 0 saturated carbocycles. The molecule has 0 aliphatic carbocycles. The molecule has 7 heteroatoms. The molecule has 0 aromatic heterocycles. The smallest absolute Gasteiger partial charge is 0.239 e. The van der Waals surface area contributed by atoms with Crippen molar-refractivity contribution in [2.75, 3.05) is 0 Å². The molecule has 0 spiro atoms. The number of nitrogens with two attached hydrogens (primary N) is 3. The Bertz CT molecular complexity index is 311. The Morgan fingerprint density at radius 1 is 1.38 bits per heavy atom. The van der Waals surface area contributed by atoms with E-state index >= 15 is 0 Å². The molecule has 0 aromatic carbocycles. The molecule has 0 radical (unpaired) electrons. The quantitative estimate of drug-likeness (QED) is 0.325. The predicted molar refractivity (Wildman–Crippen MR) is 61.0 cm³/mol. The van der Waals surface area contributed by atoms with Crippen LogP contribution in [0.4, 0.5) is 0 Å². The van der Waals surface area contributed by atoms with Crippen molar-refractivity contribution in [2.45, 2.75) is 25.8 Å². The zero-order chi connectivity index (χ0) is 12.6. The highest BCUT2D eigenvalue weighted by atomic mass is 16.2. The van der Waals surface area contributed by atoms with E-state index < -0.39 is 11.9 Å². The summed E-state index contributed by atoms with van der Waals surface area (Å²) >= 11 is 0. The minimum atomic E-state index is -0.681. The zero-order valence-corrected chi connectivity index (χ0v) is 9.14. The number of amides is 2. The third-order valence-electron chi connectivity index (χ3n) is 1.77. The first kappa shape index (κ1) is 13.9. The first-order chi connectivity index (χ1) is 7.47. The van der Waals surface area contributed by atoms with Crippen LogP contribution < -0.4 is 22.5 Å².